The summed E-state index contributed by atoms with van der Waals surface area (Å²) in [5.74, 6) is -0.990. The Hall–Kier alpha value is -3.00. The van der Waals surface area contributed by atoms with E-state index in [4.69, 9.17) is 4.74 Å². The van der Waals surface area contributed by atoms with Crippen molar-refractivity contribution in [2.24, 2.45) is 0 Å². The first kappa shape index (κ1) is 19.3. The Bertz CT molecular complexity index is 965. The first-order valence-corrected chi connectivity index (χ1v) is 9.67. The van der Waals surface area contributed by atoms with Crippen molar-refractivity contribution in [1.82, 2.24) is 14.8 Å². The van der Waals surface area contributed by atoms with Gasteiger partial charge in [0, 0.05) is 30.6 Å². The van der Waals surface area contributed by atoms with Crippen LogP contribution in [0.5, 0.6) is 0 Å². The van der Waals surface area contributed by atoms with Crippen LogP contribution in [-0.2, 0) is 4.74 Å². The fourth-order valence-corrected chi connectivity index (χ4v) is 3.45. The molecule has 152 valence electrons. The van der Waals surface area contributed by atoms with Crippen molar-refractivity contribution in [3.63, 3.8) is 0 Å². The lowest BCUT2D eigenvalue weighted by Gasteiger charge is -2.13. The van der Waals surface area contributed by atoms with Crippen LogP contribution in [0.4, 0.5) is 26.1 Å². The number of rotatable bonds is 7. The highest BCUT2D eigenvalue weighted by Gasteiger charge is 2.14. The van der Waals surface area contributed by atoms with Crippen molar-refractivity contribution in [2.45, 2.75) is 32.3 Å². The summed E-state index contributed by atoms with van der Waals surface area (Å²) in [5.41, 5.74) is 3.18. The van der Waals surface area contributed by atoms with Crippen LogP contribution >= 0.6 is 0 Å². The van der Waals surface area contributed by atoms with Crippen molar-refractivity contribution in [3.05, 3.63) is 59.9 Å². The van der Waals surface area contributed by atoms with Crippen molar-refractivity contribution in [3.8, 4) is 5.69 Å². The maximum absolute atomic E-state index is 13.4. The monoisotopic (exact) mass is 399 g/mol. The van der Waals surface area contributed by atoms with Gasteiger partial charge < -0.3 is 15.4 Å². The second-order valence-corrected chi connectivity index (χ2v) is 7.20. The molecule has 1 aliphatic rings. The number of nitrogens with one attached hydrogen (secondary N) is 2. The van der Waals surface area contributed by atoms with Gasteiger partial charge in [-0.1, -0.05) is 0 Å². The highest BCUT2D eigenvalue weighted by Crippen LogP contribution is 2.22. The third-order valence-corrected chi connectivity index (χ3v) is 4.76. The molecule has 0 amide bonds. The predicted octanol–water partition coefficient (Wildman–Crippen LogP) is 4.58. The van der Waals surface area contributed by atoms with Crippen molar-refractivity contribution in [2.75, 3.05) is 23.8 Å². The average Bonchev–Trinajstić information content (AvgIpc) is 3.32. The van der Waals surface area contributed by atoms with Gasteiger partial charge in [0.25, 0.3) is 0 Å². The number of aromatic nitrogens is 3. The lowest BCUT2D eigenvalue weighted by Crippen LogP contribution is -2.12. The number of aryl methyl sites for hydroxylation is 1. The molecule has 3 aromatic rings. The summed E-state index contributed by atoms with van der Waals surface area (Å²) in [6.07, 6.45) is 5.02. The van der Waals surface area contributed by atoms with Crippen molar-refractivity contribution in [1.29, 1.82) is 0 Å². The molecular weight excluding hydrogens is 376 g/mol. The van der Waals surface area contributed by atoms with Crippen molar-refractivity contribution >= 4 is 17.3 Å². The molecule has 0 aliphatic carbocycles. The van der Waals surface area contributed by atoms with Gasteiger partial charge in [-0.05, 0) is 62.1 Å². The maximum Gasteiger partial charge on any atom is 0.246 e. The molecule has 1 atom stereocenters. The van der Waals surface area contributed by atoms with Gasteiger partial charge in [0.05, 0.1) is 11.8 Å². The van der Waals surface area contributed by atoms with E-state index in [0.717, 1.165) is 55.4 Å². The van der Waals surface area contributed by atoms with Gasteiger partial charge >= 0.3 is 0 Å². The molecule has 2 heterocycles. The van der Waals surface area contributed by atoms with Crippen LogP contribution in [0.1, 0.15) is 24.8 Å². The summed E-state index contributed by atoms with van der Waals surface area (Å²) in [6, 6.07) is 9.25. The third-order valence-electron chi connectivity index (χ3n) is 4.76. The Morgan fingerprint density at radius 1 is 1.10 bits per heavy atom. The van der Waals surface area contributed by atoms with E-state index >= 15 is 0 Å². The van der Waals surface area contributed by atoms with Crippen molar-refractivity contribution < 1.29 is 13.5 Å². The molecule has 2 N–H and O–H groups in total. The van der Waals surface area contributed by atoms with E-state index < -0.39 is 11.6 Å². The highest BCUT2D eigenvalue weighted by atomic mass is 19.1. The van der Waals surface area contributed by atoms with Gasteiger partial charge in [0.2, 0.25) is 5.95 Å². The number of benzene rings is 2. The minimum atomic E-state index is -0.664. The number of hydrogen-bond donors (Lipinski definition) is 2. The molecule has 1 fully saturated rings. The SMILES string of the molecule is Cc1cc(NCCC2CCCO2)cc(Nc2ncn(-c3cc(F)cc(F)c3)n2)c1. The van der Waals surface area contributed by atoms with Gasteiger partial charge in [-0.25, -0.2) is 13.5 Å². The van der Waals surface area contributed by atoms with Crippen LogP contribution in [0.3, 0.4) is 0 Å². The van der Waals surface area contributed by atoms with Gasteiger partial charge in [-0.3, -0.25) is 0 Å². The van der Waals surface area contributed by atoms with E-state index in [2.05, 4.69) is 26.8 Å². The standard InChI is InChI=1S/C21H23F2N5O/c1-14-7-17(24-5-4-20-3-2-6-29-20)12-18(8-14)26-21-25-13-28(27-21)19-10-15(22)9-16(23)11-19/h7-13,20,24H,2-6H2,1H3,(H,26,27). The molecular formula is C21H23F2N5O. The van der Waals surface area contributed by atoms with E-state index in [-0.39, 0.29) is 5.69 Å². The predicted molar refractivity (Wildman–Crippen MR) is 108 cm³/mol. The molecule has 0 saturated carbocycles. The zero-order chi connectivity index (χ0) is 20.2. The summed E-state index contributed by atoms with van der Waals surface area (Å²) in [5, 5.41) is 10.8. The summed E-state index contributed by atoms with van der Waals surface area (Å²) >= 11 is 0. The zero-order valence-corrected chi connectivity index (χ0v) is 16.2. The quantitative estimate of drug-likeness (QED) is 0.609. The van der Waals surface area contributed by atoms with Crippen LogP contribution in [0.25, 0.3) is 5.69 Å². The smallest absolute Gasteiger partial charge is 0.246 e. The van der Waals surface area contributed by atoms with E-state index in [0.29, 0.717) is 12.1 Å². The molecule has 2 aromatic carbocycles. The molecule has 8 heteroatoms. The third kappa shape index (κ3) is 5.08. The van der Waals surface area contributed by atoms with E-state index in [1.165, 1.54) is 23.1 Å². The Kier molecular flexibility index (Phi) is 5.71. The zero-order valence-electron chi connectivity index (χ0n) is 16.2. The minimum absolute atomic E-state index is 0.267. The fourth-order valence-electron chi connectivity index (χ4n) is 3.45. The normalized spacial score (nSPS) is 16.2. The van der Waals surface area contributed by atoms with Crippen LogP contribution in [0.2, 0.25) is 0 Å². The van der Waals surface area contributed by atoms with Gasteiger partial charge in [0.15, 0.2) is 0 Å². The Morgan fingerprint density at radius 2 is 1.90 bits per heavy atom. The lowest BCUT2D eigenvalue weighted by atomic mass is 10.1. The molecule has 1 saturated heterocycles. The molecule has 1 unspecified atom stereocenters. The molecule has 1 aromatic heterocycles. The van der Waals surface area contributed by atoms with E-state index in [1.54, 1.807) is 0 Å². The summed E-state index contributed by atoms with van der Waals surface area (Å²) in [4.78, 5) is 4.18. The lowest BCUT2D eigenvalue weighted by molar-refractivity contribution is 0.107. The summed E-state index contributed by atoms with van der Waals surface area (Å²) in [6.45, 7) is 3.72. The number of halogens is 2. The molecule has 0 spiro atoms. The van der Waals surface area contributed by atoms with Gasteiger partial charge in [-0.2, -0.15) is 4.98 Å². The molecule has 4 rings (SSSR count). The van der Waals surface area contributed by atoms with Crippen LogP contribution < -0.4 is 10.6 Å². The van der Waals surface area contributed by atoms with E-state index in [9.17, 15) is 8.78 Å². The maximum atomic E-state index is 13.4. The number of hydrogen-bond acceptors (Lipinski definition) is 5. The fraction of sp³-hybridized carbons (Fsp3) is 0.333. The molecule has 6 nitrogen and oxygen atoms in total. The first-order chi connectivity index (χ1) is 14.0. The minimum Gasteiger partial charge on any atom is -0.385 e. The first-order valence-electron chi connectivity index (χ1n) is 9.67. The van der Waals surface area contributed by atoms with Gasteiger partial charge in [-0.15, -0.1) is 5.10 Å². The molecule has 1 aliphatic heterocycles. The highest BCUT2D eigenvalue weighted by molar-refractivity contribution is 5.63. The second kappa shape index (κ2) is 8.57. The number of nitrogens with zero attached hydrogens (tertiary/aromatic N) is 3. The van der Waals surface area contributed by atoms with Crippen LogP contribution in [-0.4, -0.2) is 34.0 Å². The summed E-state index contributed by atoms with van der Waals surface area (Å²) in [7, 11) is 0. The number of anilines is 3. The average molecular weight is 399 g/mol. The molecule has 0 bridgehead atoms. The van der Waals surface area contributed by atoms with Gasteiger partial charge in [0.1, 0.15) is 18.0 Å². The topological polar surface area (TPSA) is 64.0 Å². The van der Waals surface area contributed by atoms with E-state index in [1.807, 2.05) is 19.1 Å². The second-order valence-electron chi connectivity index (χ2n) is 7.20. The summed E-state index contributed by atoms with van der Waals surface area (Å²) < 4.78 is 33.8. The Morgan fingerprint density at radius 3 is 2.66 bits per heavy atom. The molecule has 29 heavy (non-hydrogen) atoms. The van der Waals surface area contributed by atoms with Crippen LogP contribution in [0.15, 0.2) is 42.7 Å². The number of ether oxygens (including phenoxy) is 1. The Balaban J connectivity index is 1.42. The Labute approximate surface area is 167 Å². The molecule has 0 radical (unpaired) electrons. The largest absolute Gasteiger partial charge is 0.385 e. The van der Waals surface area contributed by atoms with Crippen LogP contribution in [0, 0.1) is 18.6 Å².